The maximum absolute atomic E-state index is 9.22. The number of methoxy groups -OCH3 is 1. The minimum absolute atomic E-state index is 0.196. The lowest BCUT2D eigenvalue weighted by Gasteiger charge is -2.10. The summed E-state index contributed by atoms with van der Waals surface area (Å²) in [5.74, 6) is 1.44. The maximum atomic E-state index is 9.22. The molecule has 0 amide bonds. The first-order valence-corrected chi connectivity index (χ1v) is 6.61. The highest BCUT2D eigenvalue weighted by Crippen LogP contribution is 2.33. The molecule has 1 aromatic heterocycles. The Balaban J connectivity index is 2.41. The van der Waals surface area contributed by atoms with Gasteiger partial charge in [0.05, 0.1) is 17.3 Å². The molecule has 0 atom stereocenters. The van der Waals surface area contributed by atoms with Gasteiger partial charge in [-0.3, -0.25) is 0 Å². The third-order valence-electron chi connectivity index (χ3n) is 2.88. The summed E-state index contributed by atoms with van der Waals surface area (Å²) >= 11 is 3.39. The van der Waals surface area contributed by atoms with Gasteiger partial charge in [0.2, 0.25) is 0 Å². The Morgan fingerprint density at radius 1 is 1.25 bits per heavy atom. The van der Waals surface area contributed by atoms with Gasteiger partial charge < -0.3 is 9.47 Å². The number of aromatic nitrogens is 2. The minimum atomic E-state index is 0.196. The number of aryl methyl sites for hydroxylation is 1. The highest BCUT2D eigenvalue weighted by molar-refractivity contribution is 9.10. The van der Waals surface area contributed by atoms with Gasteiger partial charge in [-0.2, -0.15) is 10.4 Å². The molecule has 6 heteroatoms. The SMILES string of the molecule is COc1ccc(Oc2nnc(C)c(C)c2C#N)c(Br)c1. The van der Waals surface area contributed by atoms with E-state index in [4.69, 9.17) is 9.47 Å². The zero-order chi connectivity index (χ0) is 14.7. The molecule has 5 nitrogen and oxygen atoms in total. The summed E-state index contributed by atoms with van der Waals surface area (Å²) < 4.78 is 11.5. The number of hydrogen-bond donors (Lipinski definition) is 0. The van der Waals surface area contributed by atoms with Crippen LogP contribution in [0.4, 0.5) is 0 Å². The number of ether oxygens (including phenoxy) is 2. The number of nitriles is 1. The molecule has 0 aliphatic rings. The maximum Gasteiger partial charge on any atom is 0.257 e. The van der Waals surface area contributed by atoms with Crippen molar-refractivity contribution in [2.45, 2.75) is 13.8 Å². The predicted molar refractivity (Wildman–Crippen MR) is 77.0 cm³/mol. The van der Waals surface area contributed by atoms with Crippen LogP contribution in [0.5, 0.6) is 17.4 Å². The van der Waals surface area contributed by atoms with Crippen LogP contribution in [0.15, 0.2) is 22.7 Å². The molecule has 0 aliphatic heterocycles. The van der Waals surface area contributed by atoms with E-state index < -0.39 is 0 Å². The molecule has 20 heavy (non-hydrogen) atoms. The Hall–Kier alpha value is -2.13. The third kappa shape index (κ3) is 2.73. The van der Waals surface area contributed by atoms with Gasteiger partial charge in [-0.15, -0.1) is 5.10 Å². The molecule has 2 aromatic rings. The van der Waals surface area contributed by atoms with E-state index >= 15 is 0 Å². The molecule has 1 heterocycles. The van der Waals surface area contributed by atoms with Crippen molar-refractivity contribution in [3.8, 4) is 23.4 Å². The van der Waals surface area contributed by atoms with Crippen LogP contribution in [0.2, 0.25) is 0 Å². The lowest BCUT2D eigenvalue weighted by Crippen LogP contribution is -2.00. The lowest BCUT2D eigenvalue weighted by molar-refractivity contribution is 0.410. The van der Waals surface area contributed by atoms with Crippen LogP contribution < -0.4 is 9.47 Å². The van der Waals surface area contributed by atoms with E-state index in [0.717, 1.165) is 5.56 Å². The number of rotatable bonds is 3. The average Bonchev–Trinajstić information content (AvgIpc) is 2.45. The van der Waals surface area contributed by atoms with Crippen molar-refractivity contribution in [2.75, 3.05) is 7.11 Å². The van der Waals surface area contributed by atoms with E-state index in [1.54, 1.807) is 32.2 Å². The van der Waals surface area contributed by atoms with Crippen molar-refractivity contribution < 1.29 is 9.47 Å². The van der Waals surface area contributed by atoms with Gasteiger partial charge >= 0.3 is 0 Å². The second-order valence-corrected chi connectivity index (χ2v) is 4.96. The van der Waals surface area contributed by atoms with Crippen LogP contribution in [-0.2, 0) is 0 Å². The molecule has 0 saturated heterocycles. The van der Waals surface area contributed by atoms with Crippen molar-refractivity contribution in [3.05, 3.63) is 39.5 Å². The summed E-state index contributed by atoms with van der Waals surface area (Å²) in [5, 5.41) is 17.1. The molecule has 102 valence electrons. The van der Waals surface area contributed by atoms with E-state index in [-0.39, 0.29) is 5.88 Å². The first-order valence-electron chi connectivity index (χ1n) is 5.82. The molecule has 0 saturated carbocycles. The Bertz CT molecular complexity index is 696. The number of nitrogens with zero attached hydrogens (tertiary/aromatic N) is 3. The smallest absolute Gasteiger partial charge is 0.257 e. The number of hydrogen-bond acceptors (Lipinski definition) is 5. The topological polar surface area (TPSA) is 68.0 Å². The Morgan fingerprint density at radius 3 is 2.60 bits per heavy atom. The van der Waals surface area contributed by atoms with Gasteiger partial charge in [-0.05, 0) is 53.5 Å². The molecule has 0 unspecified atom stereocenters. The zero-order valence-corrected chi connectivity index (χ0v) is 12.9. The van der Waals surface area contributed by atoms with Gasteiger partial charge in [0, 0.05) is 0 Å². The van der Waals surface area contributed by atoms with Crippen molar-refractivity contribution in [1.29, 1.82) is 5.26 Å². The van der Waals surface area contributed by atoms with Crippen LogP contribution in [0.3, 0.4) is 0 Å². The molecule has 0 bridgehead atoms. The fourth-order valence-electron chi connectivity index (χ4n) is 1.59. The van der Waals surface area contributed by atoms with E-state index in [2.05, 4.69) is 32.2 Å². The fourth-order valence-corrected chi connectivity index (χ4v) is 2.02. The molecule has 0 radical (unpaired) electrons. The number of benzene rings is 1. The molecule has 0 fully saturated rings. The molecular weight excluding hydrogens is 322 g/mol. The quantitative estimate of drug-likeness (QED) is 0.859. The number of halogens is 1. The second-order valence-electron chi connectivity index (χ2n) is 4.10. The molecule has 1 aromatic carbocycles. The summed E-state index contributed by atoms with van der Waals surface area (Å²) in [4.78, 5) is 0. The Kier molecular flexibility index (Phi) is 4.20. The first kappa shape index (κ1) is 14.3. The van der Waals surface area contributed by atoms with Gasteiger partial charge in [-0.25, -0.2) is 0 Å². The van der Waals surface area contributed by atoms with Gasteiger partial charge in [0.25, 0.3) is 5.88 Å². The van der Waals surface area contributed by atoms with Crippen molar-refractivity contribution in [2.24, 2.45) is 0 Å². The lowest BCUT2D eigenvalue weighted by atomic mass is 10.1. The van der Waals surface area contributed by atoms with Crippen LogP contribution in [0.1, 0.15) is 16.8 Å². The highest BCUT2D eigenvalue weighted by Gasteiger charge is 2.14. The molecule has 0 aliphatic carbocycles. The summed E-state index contributed by atoms with van der Waals surface area (Å²) in [5.41, 5.74) is 1.87. The molecular formula is C14H12BrN3O2. The van der Waals surface area contributed by atoms with E-state index in [1.807, 2.05) is 6.92 Å². The summed E-state index contributed by atoms with van der Waals surface area (Å²) in [6, 6.07) is 7.37. The van der Waals surface area contributed by atoms with Crippen molar-refractivity contribution >= 4 is 15.9 Å². The van der Waals surface area contributed by atoms with Crippen LogP contribution in [-0.4, -0.2) is 17.3 Å². The van der Waals surface area contributed by atoms with Crippen molar-refractivity contribution in [1.82, 2.24) is 10.2 Å². The van der Waals surface area contributed by atoms with Crippen LogP contribution in [0.25, 0.3) is 0 Å². The van der Waals surface area contributed by atoms with E-state index in [1.165, 1.54) is 0 Å². The standard InChI is InChI=1S/C14H12BrN3O2/c1-8-9(2)17-18-14(11(8)7-16)20-13-5-4-10(19-3)6-12(13)15/h4-6H,1-3H3. The highest BCUT2D eigenvalue weighted by atomic mass is 79.9. The van der Waals surface area contributed by atoms with Crippen LogP contribution >= 0.6 is 15.9 Å². The molecule has 2 rings (SSSR count). The Morgan fingerprint density at radius 2 is 2.00 bits per heavy atom. The fraction of sp³-hybridized carbons (Fsp3) is 0.214. The summed E-state index contributed by atoms with van der Waals surface area (Å²) in [7, 11) is 1.59. The van der Waals surface area contributed by atoms with Gasteiger partial charge in [-0.1, -0.05) is 0 Å². The predicted octanol–water partition coefficient (Wildman–Crippen LogP) is 3.53. The first-order chi connectivity index (χ1) is 9.56. The largest absolute Gasteiger partial charge is 0.497 e. The summed E-state index contributed by atoms with van der Waals surface area (Å²) in [6.45, 7) is 3.62. The third-order valence-corrected chi connectivity index (χ3v) is 3.50. The minimum Gasteiger partial charge on any atom is -0.497 e. The van der Waals surface area contributed by atoms with Crippen LogP contribution in [0, 0.1) is 25.2 Å². The van der Waals surface area contributed by atoms with E-state index in [9.17, 15) is 5.26 Å². The average molecular weight is 334 g/mol. The Labute approximate surface area is 125 Å². The molecule has 0 spiro atoms. The monoisotopic (exact) mass is 333 g/mol. The second kappa shape index (κ2) is 5.88. The van der Waals surface area contributed by atoms with Gasteiger partial charge in [0.1, 0.15) is 23.1 Å². The van der Waals surface area contributed by atoms with E-state index in [0.29, 0.717) is 27.2 Å². The van der Waals surface area contributed by atoms with Crippen molar-refractivity contribution in [3.63, 3.8) is 0 Å². The molecule has 0 N–H and O–H groups in total. The summed E-state index contributed by atoms with van der Waals surface area (Å²) in [6.07, 6.45) is 0. The zero-order valence-electron chi connectivity index (χ0n) is 11.3. The normalized spacial score (nSPS) is 9.95. The van der Waals surface area contributed by atoms with Gasteiger partial charge in [0.15, 0.2) is 0 Å².